The predicted octanol–water partition coefficient (Wildman–Crippen LogP) is 4.03. The number of anilines is 2. The predicted molar refractivity (Wildman–Crippen MR) is 130 cm³/mol. The standard InChI is InChI=1S/C27H30FN5O/c1-17-21-5-3-2-4-19(21)15-33(17)24-14-30-26(23(16-34)31-24)32-10-8-27(9-11-32)13-18-6-7-20(28)12-22(18)25(27)29/h2-7,12,14,17,25,34H,8-11,13,15-16,29H2,1H3/t17-,25-/m1/s1. The van der Waals surface area contributed by atoms with Gasteiger partial charge in [0.2, 0.25) is 0 Å². The van der Waals surface area contributed by atoms with Crippen LogP contribution in [0.5, 0.6) is 0 Å². The molecule has 1 spiro atoms. The molecule has 1 saturated heterocycles. The molecule has 34 heavy (non-hydrogen) atoms. The minimum absolute atomic E-state index is 0.0455. The molecule has 0 saturated carbocycles. The molecule has 0 radical (unpaired) electrons. The van der Waals surface area contributed by atoms with Gasteiger partial charge in [0.1, 0.15) is 17.3 Å². The second-order valence-corrected chi connectivity index (χ2v) is 10.0. The van der Waals surface area contributed by atoms with Gasteiger partial charge in [-0.25, -0.2) is 14.4 Å². The van der Waals surface area contributed by atoms with Crippen LogP contribution in [0.25, 0.3) is 0 Å². The van der Waals surface area contributed by atoms with Crippen molar-refractivity contribution >= 4 is 11.6 Å². The molecule has 7 heteroatoms. The summed E-state index contributed by atoms with van der Waals surface area (Å²) < 4.78 is 13.8. The summed E-state index contributed by atoms with van der Waals surface area (Å²) in [6, 6.07) is 13.5. The first-order valence-electron chi connectivity index (χ1n) is 12.1. The Bertz CT molecular complexity index is 1240. The highest BCUT2D eigenvalue weighted by atomic mass is 19.1. The molecular weight excluding hydrogens is 429 g/mol. The van der Waals surface area contributed by atoms with Crippen LogP contribution in [0.2, 0.25) is 0 Å². The highest BCUT2D eigenvalue weighted by Gasteiger charge is 2.46. The molecule has 3 heterocycles. The van der Waals surface area contributed by atoms with Gasteiger partial charge in [-0.1, -0.05) is 30.3 Å². The lowest BCUT2D eigenvalue weighted by Gasteiger charge is -2.43. The first kappa shape index (κ1) is 21.5. The number of aliphatic hydroxyl groups is 1. The number of aliphatic hydroxyl groups excluding tert-OH is 1. The van der Waals surface area contributed by atoms with Crippen molar-refractivity contribution in [3.05, 3.63) is 82.4 Å². The van der Waals surface area contributed by atoms with Gasteiger partial charge in [-0.15, -0.1) is 0 Å². The Morgan fingerprint density at radius 2 is 1.91 bits per heavy atom. The van der Waals surface area contributed by atoms with Gasteiger partial charge >= 0.3 is 0 Å². The quantitative estimate of drug-likeness (QED) is 0.616. The Morgan fingerprint density at radius 3 is 2.68 bits per heavy atom. The third kappa shape index (κ3) is 3.29. The zero-order valence-corrected chi connectivity index (χ0v) is 19.4. The van der Waals surface area contributed by atoms with E-state index in [1.807, 2.05) is 12.3 Å². The second-order valence-electron chi connectivity index (χ2n) is 10.0. The maximum atomic E-state index is 13.8. The summed E-state index contributed by atoms with van der Waals surface area (Å²) in [6.07, 6.45) is 4.53. The Kier molecular flexibility index (Phi) is 5.08. The van der Waals surface area contributed by atoms with Gasteiger partial charge in [-0.2, -0.15) is 0 Å². The minimum Gasteiger partial charge on any atom is -0.390 e. The number of benzene rings is 2. The average molecular weight is 460 g/mol. The summed E-state index contributed by atoms with van der Waals surface area (Å²) in [7, 11) is 0. The first-order chi connectivity index (χ1) is 16.5. The monoisotopic (exact) mass is 459 g/mol. The van der Waals surface area contributed by atoms with Crippen molar-refractivity contribution in [2.75, 3.05) is 22.9 Å². The lowest BCUT2D eigenvalue weighted by Crippen LogP contribution is -2.45. The topological polar surface area (TPSA) is 78.5 Å². The van der Waals surface area contributed by atoms with Gasteiger partial charge in [0.15, 0.2) is 5.82 Å². The van der Waals surface area contributed by atoms with E-state index >= 15 is 0 Å². The largest absolute Gasteiger partial charge is 0.390 e. The molecule has 6 nitrogen and oxygen atoms in total. The molecule has 0 unspecified atom stereocenters. The van der Waals surface area contributed by atoms with Crippen LogP contribution in [0.4, 0.5) is 16.0 Å². The summed E-state index contributed by atoms with van der Waals surface area (Å²) in [6.45, 7) is 4.39. The molecule has 6 rings (SSSR count). The van der Waals surface area contributed by atoms with Crippen molar-refractivity contribution in [3.8, 4) is 0 Å². The number of hydrogen-bond donors (Lipinski definition) is 2. The maximum Gasteiger partial charge on any atom is 0.152 e. The van der Waals surface area contributed by atoms with Gasteiger partial charge in [-0.05, 0) is 66.0 Å². The fourth-order valence-electron chi connectivity index (χ4n) is 6.26. The highest BCUT2D eigenvalue weighted by Crippen LogP contribution is 2.51. The first-order valence-corrected chi connectivity index (χ1v) is 12.1. The maximum absolute atomic E-state index is 13.8. The van der Waals surface area contributed by atoms with Gasteiger partial charge < -0.3 is 20.6 Å². The van der Waals surface area contributed by atoms with Crippen molar-refractivity contribution in [1.29, 1.82) is 0 Å². The molecule has 0 bridgehead atoms. The molecule has 3 aromatic rings. The molecule has 3 aliphatic rings. The van der Waals surface area contributed by atoms with E-state index < -0.39 is 0 Å². The van der Waals surface area contributed by atoms with E-state index in [1.165, 1.54) is 22.8 Å². The number of fused-ring (bicyclic) bond motifs is 2. The smallest absolute Gasteiger partial charge is 0.152 e. The van der Waals surface area contributed by atoms with Gasteiger partial charge in [0, 0.05) is 25.7 Å². The van der Waals surface area contributed by atoms with Crippen molar-refractivity contribution in [2.24, 2.45) is 11.1 Å². The van der Waals surface area contributed by atoms with E-state index in [9.17, 15) is 9.50 Å². The number of nitrogens with zero attached hydrogens (tertiary/aromatic N) is 4. The summed E-state index contributed by atoms with van der Waals surface area (Å²) in [5, 5.41) is 10.1. The van der Waals surface area contributed by atoms with Gasteiger partial charge in [0.25, 0.3) is 0 Å². The number of halogens is 1. The van der Waals surface area contributed by atoms with Crippen molar-refractivity contribution in [3.63, 3.8) is 0 Å². The third-order valence-corrected chi connectivity index (χ3v) is 8.27. The van der Waals surface area contributed by atoms with Crippen molar-refractivity contribution < 1.29 is 9.50 Å². The summed E-state index contributed by atoms with van der Waals surface area (Å²) >= 11 is 0. The van der Waals surface area contributed by atoms with Crippen LogP contribution in [0, 0.1) is 11.2 Å². The SMILES string of the molecule is C[C@@H]1c2ccccc2CN1c1cnc(N2CCC3(CC2)Cc2ccc(F)cc2[C@H]3N)c(CO)n1. The van der Waals surface area contributed by atoms with E-state index in [0.29, 0.717) is 5.69 Å². The molecule has 2 aromatic carbocycles. The second kappa shape index (κ2) is 8.03. The van der Waals surface area contributed by atoms with E-state index in [0.717, 1.165) is 56.1 Å². The van der Waals surface area contributed by atoms with E-state index in [-0.39, 0.29) is 29.9 Å². The van der Waals surface area contributed by atoms with Crippen LogP contribution in [-0.4, -0.2) is 28.2 Å². The number of piperidine rings is 1. The van der Waals surface area contributed by atoms with Crippen molar-refractivity contribution in [2.45, 2.75) is 51.4 Å². The third-order valence-electron chi connectivity index (χ3n) is 8.27. The van der Waals surface area contributed by atoms with Gasteiger partial charge in [0.05, 0.1) is 18.8 Å². The van der Waals surface area contributed by atoms with Crippen LogP contribution in [0.3, 0.4) is 0 Å². The van der Waals surface area contributed by atoms with Crippen LogP contribution >= 0.6 is 0 Å². The van der Waals surface area contributed by atoms with E-state index in [1.54, 1.807) is 6.07 Å². The molecule has 0 amide bonds. The molecule has 1 aromatic heterocycles. The Morgan fingerprint density at radius 1 is 1.12 bits per heavy atom. The summed E-state index contributed by atoms with van der Waals surface area (Å²) in [5.41, 5.74) is 12.0. The highest BCUT2D eigenvalue weighted by molar-refractivity contribution is 5.54. The lowest BCUT2D eigenvalue weighted by molar-refractivity contribution is 0.186. The number of hydrogen-bond acceptors (Lipinski definition) is 6. The fourth-order valence-corrected chi connectivity index (χ4v) is 6.26. The molecule has 1 fully saturated rings. The van der Waals surface area contributed by atoms with Crippen LogP contribution in [0.15, 0.2) is 48.7 Å². The van der Waals surface area contributed by atoms with Crippen LogP contribution < -0.4 is 15.5 Å². The van der Waals surface area contributed by atoms with E-state index in [2.05, 4.69) is 41.0 Å². The molecule has 2 aliphatic heterocycles. The number of aromatic nitrogens is 2. The molecular formula is C27H30FN5O. The summed E-state index contributed by atoms with van der Waals surface area (Å²) in [5.74, 6) is 1.32. The molecule has 2 atom stereocenters. The lowest BCUT2D eigenvalue weighted by atomic mass is 9.73. The number of rotatable bonds is 3. The molecule has 1 aliphatic carbocycles. The number of nitrogens with two attached hydrogens (primary N) is 1. The normalized spacial score (nSPS) is 22.8. The summed E-state index contributed by atoms with van der Waals surface area (Å²) in [4.78, 5) is 14.1. The molecule has 176 valence electrons. The van der Waals surface area contributed by atoms with Gasteiger partial charge in [-0.3, -0.25) is 0 Å². The Labute approximate surface area is 199 Å². The minimum atomic E-state index is -0.220. The van der Waals surface area contributed by atoms with E-state index in [4.69, 9.17) is 15.7 Å². The fraction of sp³-hybridized carbons (Fsp3) is 0.407. The average Bonchev–Trinajstić information content (AvgIpc) is 3.34. The van der Waals surface area contributed by atoms with Crippen LogP contribution in [-0.2, 0) is 19.6 Å². The zero-order chi connectivity index (χ0) is 23.4. The van der Waals surface area contributed by atoms with Crippen molar-refractivity contribution in [1.82, 2.24) is 9.97 Å². The zero-order valence-electron chi connectivity index (χ0n) is 19.4. The Balaban J connectivity index is 1.20. The Hall–Kier alpha value is -3.03. The van der Waals surface area contributed by atoms with Crippen LogP contribution in [0.1, 0.15) is 59.8 Å². The molecule has 3 N–H and O–H groups in total.